The van der Waals surface area contributed by atoms with E-state index in [1.54, 1.807) is 0 Å². The van der Waals surface area contributed by atoms with Crippen molar-refractivity contribution in [3.05, 3.63) is 29.6 Å². The summed E-state index contributed by atoms with van der Waals surface area (Å²) < 4.78 is 12.9. The highest BCUT2D eigenvalue weighted by Crippen LogP contribution is 2.30. The smallest absolute Gasteiger partial charge is 0.123 e. The maximum Gasteiger partial charge on any atom is 0.123 e. The number of halogens is 2. The molecule has 4 heteroatoms. The van der Waals surface area contributed by atoms with Crippen molar-refractivity contribution in [2.75, 3.05) is 6.54 Å². The minimum absolute atomic E-state index is 0. The molecule has 2 rings (SSSR count). The average Bonchev–Trinajstić information content (AvgIpc) is 2.61. The second-order valence-electron chi connectivity index (χ2n) is 3.35. The van der Waals surface area contributed by atoms with E-state index in [9.17, 15) is 9.50 Å². The van der Waals surface area contributed by atoms with E-state index in [0.717, 1.165) is 19.4 Å². The number of hydrogen-bond acceptors (Lipinski definition) is 2. The van der Waals surface area contributed by atoms with Crippen LogP contribution in [0.2, 0.25) is 0 Å². The van der Waals surface area contributed by atoms with E-state index in [1.807, 2.05) is 0 Å². The molecule has 1 aliphatic rings. The molecular weight excluding hydrogens is 205 g/mol. The van der Waals surface area contributed by atoms with Gasteiger partial charge in [0.2, 0.25) is 0 Å². The van der Waals surface area contributed by atoms with Crippen LogP contribution in [0.5, 0.6) is 5.75 Å². The first-order valence-corrected chi connectivity index (χ1v) is 4.49. The van der Waals surface area contributed by atoms with Crippen molar-refractivity contribution in [2.24, 2.45) is 0 Å². The monoisotopic (exact) mass is 217 g/mol. The van der Waals surface area contributed by atoms with Gasteiger partial charge in [0.1, 0.15) is 11.6 Å². The zero-order chi connectivity index (χ0) is 9.26. The van der Waals surface area contributed by atoms with Crippen LogP contribution >= 0.6 is 12.4 Å². The number of phenols is 1. The lowest BCUT2D eigenvalue weighted by Gasteiger charge is -2.11. The fourth-order valence-corrected chi connectivity index (χ4v) is 1.75. The van der Waals surface area contributed by atoms with Crippen LogP contribution in [-0.4, -0.2) is 11.7 Å². The number of benzene rings is 1. The van der Waals surface area contributed by atoms with Gasteiger partial charge in [-0.3, -0.25) is 0 Å². The molecule has 0 radical (unpaired) electrons. The predicted octanol–water partition coefficient (Wildman–Crippen LogP) is 2.38. The van der Waals surface area contributed by atoms with Gasteiger partial charge in [-0.05, 0) is 37.6 Å². The third kappa shape index (κ3) is 2.16. The Hall–Kier alpha value is -0.800. The molecule has 0 amide bonds. The first-order valence-electron chi connectivity index (χ1n) is 4.49. The maximum atomic E-state index is 12.9. The SMILES string of the molecule is Cl.Oc1ccc(F)cc1C1CCCN1. The Morgan fingerprint density at radius 2 is 2.21 bits per heavy atom. The van der Waals surface area contributed by atoms with Crippen molar-refractivity contribution in [1.82, 2.24) is 5.32 Å². The van der Waals surface area contributed by atoms with Crippen LogP contribution in [0, 0.1) is 5.82 Å². The summed E-state index contributed by atoms with van der Waals surface area (Å²) in [4.78, 5) is 0. The Kier molecular flexibility index (Phi) is 3.72. The molecule has 2 nitrogen and oxygen atoms in total. The lowest BCUT2D eigenvalue weighted by molar-refractivity contribution is 0.453. The third-order valence-electron chi connectivity index (χ3n) is 2.43. The normalized spacial score (nSPS) is 20.5. The Morgan fingerprint density at radius 1 is 1.43 bits per heavy atom. The summed E-state index contributed by atoms with van der Waals surface area (Å²) in [6.45, 7) is 0.945. The van der Waals surface area contributed by atoms with E-state index in [-0.39, 0.29) is 30.0 Å². The Bertz CT molecular complexity index is 313. The zero-order valence-electron chi connectivity index (χ0n) is 7.66. The van der Waals surface area contributed by atoms with Crippen molar-refractivity contribution in [2.45, 2.75) is 18.9 Å². The molecule has 1 atom stereocenters. The van der Waals surface area contributed by atoms with Crippen LogP contribution in [0.1, 0.15) is 24.4 Å². The van der Waals surface area contributed by atoms with Crippen molar-refractivity contribution in [3.8, 4) is 5.75 Å². The number of rotatable bonds is 1. The van der Waals surface area contributed by atoms with Crippen LogP contribution in [0.3, 0.4) is 0 Å². The van der Waals surface area contributed by atoms with E-state index >= 15 is 0 Å². The second kappa shape index (κ2) is 4.62. The predicted molar refractivity (Wildman–Crippen MR) is 55.3 cm³/mol. The number of aromatic hydroxyl groups is 1. The Balaban J connectivity index is 0.000000980. The molecule has 1 aromatic carbocycles. The Morgan fingerprint density at radius 3 is 2.86 bits per heavy atom. The molecule has 0 aliphatic carbocycles. The van der Waals surface area contributed by atoms with Gasteiger partial charge in [-0.1, -0.05) is 0 Å². The van der Waals surface area contributed by atoms with E-state index in [2.05, 4.69) is 5.32 Å². The molecule has 1 unspecified atom stereocenters. The van der Waals surface area contributed by atoms with Gasteiger partial charge < -0.3 is 10.4 Å². The van der Waals surface area contributed by atoms with Gasteiger partial charge in [-0.15, -0.1) is 12.4 Å². The average molecular weight is 218 g/mol. The van der Waals surface area contributed by atoms with Gasteiger partial charge in [0.25, 0.3) is 0 Å². The molecular formula is C10H13ClFNO. The van der Waals surface area contributed by atoms with Crippen molar-refractivity contribution < 1.29 is 9.50 Å². The quantitative estimate of drug-likeness (QED) is 0.757. The molecule has 1 aliphatic heterocycles. The molecule has 1 saturated heterocycles. The third-order valence-corrected chi connectivity index (χ3v) is 2.43. The highest BCUT2D eigenvalue weighted by atomic mass is 35.5. The standard InChI is InChI=1S/C10H12FNO.ClH/c11-7-3-4-10(13)8(6-7)9-2-1-5-12-9;/h3-4,6,9,12-13H,1-2,5H2;1H. The van der Waals surface area contributed by atoms with Crippen molar-refractivity contribution in [1.29, 1.82) is 0 Å². The van der Waals surface area contributed by atoms with Gasteiger partial charge in [-0.2, -0.15) is 0 Å². The lowest BCUT2D eigenvalue weighted by atomic mass is 10.0. The molecule has 2 N–H and O–H groups in total. The summed E-state index contributed by atoms with van der Waals surface area (Å²) in [5.41, 5.74) is 0.678. The van der Waals surface area contributed by atoms with Gasteiger partial charge in [0, 0.05) is 11.6 Å². The van der Waals surface area contributed by atoms with Gasteiger partial charge in [0.15, 0.2) is 0 Å². The van der Waals surface area contributed by atoms with Gasteiger partial charge in [-0.25, -0.2) is 4.39 Å². The van der Waals surface area contributed by atoms with E-state index in [1.165, 1.54) is 18.2 Å². The summed E-state index contributed by atoms with van der Waals surface area (Å²) in [5, 5.41) is 12.7. The summed E-state index contributed by atoms with van der Waals surface area (Å²) in [5.74, 6) is -0.109. The molecule has 1 aromatic rings. The first-order chi connectivity index (χ1) is 6.27. The van der Waals surface area contributed by atoms with Crippen LogP contribution in [0.15, 0.2) is 18.2 Å². The van der Waals surface area contributed by atoms with E-state index < -0.39 is 0 Å². The summed E-state index contributed by atoms with van der Waals surface area (Å²) >= 11 is 0. The number of nitrogens with one attached hydrogen (secondary N) is 1. The Labute approximate surface area is 88.5 Å². The molecule has 78 valence electrons. The van der Waals surface area contributed by atoms with Crippen LogP contribution in [0.25, 0.3) is 0 Å². The second-order valence-corrected chi connectivity index (χ2v) is 3.35. The molecule has 1 heterocycles. The highest BCUT2D eigenvalue weighted by Gasteiger charge is 2.19. The minimum atomic E-state index is -0.290. The molecule has 1 fully saturated rings. The van der Waals surface area contributed by atoms with Crippen molar-refractivity contribution in [3.63, 3.8) is 0 Å². The molecule has 14 heavy (non-hydrogen) atoms. The van der Waals surface area contributed by atoms with Crippen LogP contribution in [0.4, 0.5) is 4.39 Å². The molecule has 0 spiro atoms. The largest absolute Gasteiger partial charge is 0.508 e. The number of hydrogen-bond donors (Lipinski definition) is 2. The van der Waals surface area contributed by atoms with Crippen LogP contribution < -0.4 is 5.32 Å². The fraction of sp³-hybridized carbons (Fsp3) is 0.400. The highest BCUT2D eigenvalue weighted by molar-refractivity contribution is 5.85. The zero-order valence-corrected chi connectivity index (χ0v) is 8.48. The maximum absolute atomic E-state index is 12.9. The van der Waals surface area contributed by atoms with E-state index in [0.29, 0.717) is 5.56 Å². The molecule has 0 saturated carbocycles. The summed E-state index contributed by atoms with van der Waals surface area (Å²) in [6.07, 6.45) is 2.05. The topological polar surface area (TPSA) is 32.3 Å². The van der Waals surface area contributed by atoms with Crippen molar-refractivity contribution >= 4 is 12.4 Å². The van der Waals surface area contributed by atoms with Crippen LogP contribution in [-0.2, 0) is 0 Å². The van der Waals surface area contributed by atoms with E-state index in [4.69, 9.17) is 0 Å². The summed E-state index contributed by atoms with van der Waals surface area (Å²) in [7, 11) is 0. The molecule has 0 aromatic heterocycles. The first kappa shape index (κ1) is 11.3. The minimum Gasteiger partial charge on any atom is -0.508 e. The molecule has 0 bridgehead atoms. The summed E-state index contributed by atoms with van der Waals surface area (Å²) in [6, 6.07) is 4.20. The fourth-order valence-electron chi connectivity index (χ4n) is 1.75. The van der Waals surface area contributed by atoms with Gasteiger partial charge >= 0.3 is 0 Å². The van der Waals surface area contributed by atoms with Gasteiger partial charge in [0.05, 0.1) is 0 Å². The number of phenolic OH excluding ortho intramolecular Hbond substituents is 1. The lowest BCUT2D eigenvalue weighted by Crippen LogP contribution is -2.13.